The van der Waals surface area contributed by atoms with Gasteiger partial charge in [0.2, 0.25) is 0 Å². The Labute approximate surface area is 141 Å². The molecular formula is C15H9Cl3N2S. The Morgan fingerprint density at radius 1 is 1.00 bits per heavy atom. The van der Waals surface area contributed by atoms with E-state index in [9.17, 15) is 0 Å². The van der Waals surface area contributed by atoms with Crippen LogP contribution in [0.3, 0.4) is 0 Å². The first-order chi connectivity index (χ1) is 9.97. The number of rotatable bonds is 1. The Kier molecular flexibility index (Phi) is 3.93. The van der Waals surface area contributed by atoms with E-state index in [1.807, 2.05) is 35.8 Å². The molecule has 0 saturated heterocycles. The number of hydrogen-bond acceptors (Lipinski definition) is 2. The third kappa shape index (κ3) is 2.67. The molecule has 21 heavy (non-hydrogen) atoms. The summed E-state index contributed by atoms with van der Waals surface area (Å²) in [6.45, 7) is 1.88. The lowest BCUT2D eigenvalue weighted by atomic mass is 10.2. The fourth-order valence-corrected chi connectivity index (χ4v) is 3.27. The van der Waals surface area contributed by atoms with Gasteiger partial charge in [-0.15, -0.1) is 0 Å². The summed E-state index contributed by atoms with van der Waals surface area (Å²) in [4.78, 5) is 4.55. The van der Waals surface area contributed by atoms with Crippen LogP contribution >= 0.6 is 47.0 Å². The fourth-order valence-electron chi connectivity index (χ4n) is 2.22. The molecule has 0 aliphatic heterocycles. The average molecular weight is 356 g/mol. The Morgan fingerprint density at radius 2 is 1.67 bits per heavy atom. The van der Waals surface area contributed by atoms with Crippen LogP contribution in [0.15, 0.2) is 36.4 Å². The highest BCUT2D eigenvalue weighted by molar-refractivity contribution is 7.71. The van der Waals surface area contributed by atoms with Crippen LogP contribution in [-0.4, -0.2) is 9.55 Å². The van der Waals surface area contributed by atoms with Crippen molar-refractivity contribution in [1.29, 1.82) is 0 Å². The summed E-state index contributed by atoms with van der Waals surface area (Å²) in [6, 6.07) is 10.9. The molecular weight excluding hydrogens is 347 g/mol. The van der Waals surface area contributed by atoms with E-state index >= 15 is 0 Å². The molecule has 0 fully saturated rings. The second-order valence-corrected chi connectivity index (χ2v) is 6.23. The zero-order chi connectivity index (χ0) is 15.1. The van der Waals surface area contributed by atoms with Gasteiger partial charge in [0.1, 0.15) is 10.5 Å². The summed E-state index contributed by atoms with van der Waals surface area (Å²) < 4.78 is 2.49. The molecule has 3 rings (SSSR count). The van der Waals surface area contributed by atoms with E-state index in [2.05, 4.69) is 4.98 Å². The monoisotopic (exact) mass is 354 g/mol. The Balaban J connectivity index is 2.39. The van der Waals surface area contributed by atoms with Gasteiger partial charge < -0.3 is 0 Å². The minimum atomic E-state index is 0.495. The maximum absolute atomic E-state index is 6.21. The quantitative estimate of drug-likeness (QED) is 0.496. The van der Waals surface area contributed by atoms with Crippen LogP contribution in [-0.2, 0) is 0 Å². The number of benzene rings is 2. The molecule has 0 N–H and O–H groups in total. The topological polar surface area (TPSA) is 17.8 Å². The molecule has 0 aliphatic rings. The molecule has 1 heterocycles. The standard InChI is InChI=1S/C15H9Cl3N2S/c1-8-19-14-12(6-10(17)7-13(14)18)15(21)20(8)11-4-2-9(16)3-5-11/h2-7H,1H3. The van der Waals surface area contributed by atoms with E-state index in [4.69, 9.17) is 47.0 Å². The maximum atomic E-state index is 6.21. The van der Waals surface area contributed by atoms with Gasteiger partial charge in [-0.05, 0) is 43.3 Å². The van der Waals surface area contributed by atoms with Crippen molar-refractivity contribution >= 4 is 57.9 Å². The number of fused-ring (bicyclic) bond motifs is 1. The Morgan fingerprint density at radius 3 is 2.33 bits per heavy atom. The smallest absolute Gasteiger partial charge is 0.121 e. The van der Waals surface area contributed by atoms with Crippen molar-refractivity contribution in [3.05, 3.63) is 61.9 Å². The first-order valence-corrected chi connectivity index (χ1v) is 7.66. The van der Waals surface area contributed by atoms with Crippen LogP contribution in [0.4, 0.5) is 0 Å². The molecule has 1 aromatic heterocycles. The van der Waals surface area contributed by atoms with E-state index in [1.54, 1.807) is 12.1 Å². The van der Waals surface area contributed by atoms with Gasteiger partial charge in [0.25, 0.3) is 0 Å². The number of nitrogens with zero attached hydrogens (tertiary/aromatic N) is 2. The van der Waals surface area contributed by atoms with Crippen LogP contribution in [0, 0.1) is 11.6 Å². The third-order valence-corrected chi connectivity index (χ3v) is 4.30. The Hall–Kier alpha value is -1.13. The maximum Gasteiger partial charge on any atom is 0.121 e. The highest BCUT2D eigenvalue weighted by Crippen LogP contribution is 2.29. The predicted octanol–water partition coefficient (Wildman–Crippen LogP) is 6.02. The van der Waals surface area contributed by atoms with Crippen LogP contribution in [0.1, 0.15) is 5.82 Å². The first-order valence-electron chi connectivity index (χ1n) is 6.12. The van der Waals surface area contributed by atoms with Crippen LogP contribution in [0.2, 0.25) is 15.1 Å². The zero-order valence-corrected chi connectivity index (χ0v) is 14.0. The van der Waals surface area contributed by atoms with Gasteiger partial charge in [-0.3, -0.25) is 4.57 Å². The minimum absolute atomic E-state index is 0.495. The lowest BCUT2D eigenvalue weighted by Gasteiger charge is -2.13. The summed E-state index contributed by atoms with van der Waals surface area (Å²) in [5.41, 5.74) is 1.56. The molecule has 106 valence electrons. The number of halogens is 3. The van der Waals surface area contributed by atoms with E-state index < -0.39 is 0 Å². The molecule has 0 amide bonds. The van der Waals surface area contributed by atoms with Gasteiger partial charge in [-0.2, -0.15) is 0 Å². The third-order valence-electron chi connectivity index (χ3n) is 3.14. The van der Waals surface area contributed by atoms with Gasteiger partial charge in [-0.1, -0.05) is 47.0 Å². The second kappa shape index (κ2) is 5.58. The second-order valence-electron chi connectivity index (χ2n) is 4.56. The fraction of sp³-hybridized carbons (Fsp3) is 0.0667. The largest absolute Gasteiger partial charge is 0.289 e. The SMILES string of the molecule is Cc1nc2c(Cl)cc(Cl)cc2c(=S)n1-c1ccc(Cl)cc1. The van der Waals surface area contributed by atoms with Gasteiger partial charge in [-0.25, -0.2) is 4.98 Å². The van der Waals surface area contributed by atoms with Gasteiger partial charge in [0, 0.05) is 21.1 Å². The molecule has 0 unspecified atom stereocenters. The van der Waals surface area contributed by atoms with Gasteiger partial charge in [0.05, 0.1) is 10.5 Å². The highest BCUT2D eigenvalue weighted by atomic mass is 35.5. The number of aryl methyl sites for hydroxylation is 1. The van der Waals surface area contributed by atoms with Crippen molar-refractivity contribution in [3.8, 4) is 5.69 Å². The van der Waals surface area contributed by atoms with Crippen molar-refractivity contribution in [2.45, 2.75) is 6.92 Å². The number of aromatic nitrogens is 2. The van der Waals surface area contributed by atoms with Crippen LogP contribution in [0.25, 0.3) is 16.6 Å². The van der Waals surface area contributed by atoms with Crippen molar-refractivity contribution in [1.82, 2.24) is 9.55 Å². The summed E-state index contributed by atoms with van der Waals surface area (Å²) in [5, 5.41) is 2.45. The molecule has 0 radical (unpaired) electrons. The molecule has 2 nitrogen and oxygen atoms in total. The van der Waals surface area contributed by atoms with Crippen LogP contribution < -0.4 is 0 Å². The lowest BCUT2D eigenvalue weighted by Crippen LogP contribution is -2.05. The Bertz CT molecular complexity index is 901. The molecule has 2 aromatic carbocycles. The molecule has 6 heteroatoms. The van der Waals surface area contributed by atoms with E-state index in [1.165, 1.54) is 0 Å². The zero-order valence-electron chi connectivity index (χ0n) is 10.9. The highest BCUT2D eigenvalue weighted by Gasteiger charge is 2.11. The summed E-state index contributed by atoms with van der Waals surface area (Å²) in [6.07, 6.45) is 0. The van der Waals surface area contributed by atoms with Crippen molar-refractivity contribution in [3.63, 3.8) is 0 Å². The molecule has 0 atom stereocenters. The summed E-state index contributed by atoms with van der Waals surface area (Å²) >= 11 is 23.8. The van der Waals surface area contributed by atoms with Gasteiger partial charge in [0.15, 0.2) is 0 Å². The molecule has 0 spiro atoms. The molecule has 0 bridgehead atoms. The minimum Gasteiger partial charge on any atom is -0.289 e. The van der Waals surface area contributed by atoms with Gasteiger partial charge >= 0.3 is 0 Å². The lowest BCUT2D eigenvalue weighted by molar-refractivity contribution is 0.917. The average Bonchev–Trinajstić information content (AvgIpc) is 2.42. The summed E-state index contributed by atoms with van der Waals surface area (Å²) in [5.74, 6) is 0.749. The predicted molar refractivity (Wildman–Crippen MR) is 91.7 cm³/mol. The normalized spacial score (nSPS) is 11.0. The first kappa shape index (κ1) is 14.8. The van der Waals surface area contributed by atoms with E-state index in [0.717, 1.165) is 16.9 Å². The van der Waals surface area contributed by atoms with Crippen molar-refractivity contribution in [2.24, 2.45) is 0 Å². The molecule has 0 aliphatic carbocycles. The molecule has 3 aromatic rings. The number of hydrogen-bond donors (Lipinski definition) is 0. The van der Waals surface area contributed by atoms with E-state index in [-0.39, 0.29) is 0 Å². The van der Waals surface area contributed by atoms with Crippen molar-refractivity contribution in [2.75, 3.05) is 0 Å². The van der Waals surface area contributed by atoms with Crippen LogP contribution in [0.5, 0.6) is 0 Å². The van der Waals surface area contributed by atoms with Crippen molar-refractivity contribution < 1.29 is 0 Å². The summed E-state index contributed by atoms with van der Waals surface area (Å²) in [7, 11) is 0. The van der Waals surface area contributed by atoms with E-state index in [0.29, 0.717) is 25.2 Å². The molecule has 0 saturated carbocycles.